The topological polar surface area (TPSA) is 111 Å². The number of rotatable bonds is 3. The molecule has 3 fully saturated rings. The molecule has 5 aliphatic rings. The lowest BCUT2D eigenvalue weighted by Gasteiger charge is -2.68. The molecule has 0 aromatic heterocycles. The Hall–Kier alpha value is -2.75. The number of esters is 2. The predicted octanol–water partition coefficient (Wildman–Crippen LogP) is 5.92. The van der Waals surface area contributed by atoms with Gasteiger partial charge in [0.1, 0.15) is 6.07 Å². The van der Waals surface area contributed by atoms with Crippen LogP contribution in [0, 0.1) is 61.6 Å². The molecule has 0 N–H and O–H groups in total. The fourth-order valence-electron chi connectivity index (χ4n) is 10.6. The van der Waals surface area contributed by atoms with E-state index >= 15 is 0 Å². The van der Waals surface area contributed by atoms with E-state index in [0.29, 0.717) is 12.8 Å². The average molecular weight is 564 g/mol. The summed E-state index contributed by atoms with van der Waals surface area (Å²) in [4.78, 5) is 54.2. The van der Waals surface area contributed by atoms with Gasteiger partial charge >= 0.3 is 11.9 Å². The van der Waals surface area contributed by atoms with Gasteiger partial charge in [-0.15, -0.1) is 0 Å². The first-order valence-corrected chi connectivity index (χ1v) is 15.1. The van der Waals surface area contributed by atoms with Crippen molar-refractivity contribution in [2.45, 2.75) is 92.9 Å². The third-order valence-electron chi connectivity index (χ3n) is 13.0. The first-order chi connectivity index (χ1) is 19.0. The quantitative estimate of drug-likeness (QED) is 0.392. The summed E-state index contributed by atoms with van der Waals surface area (Å²) in [6.07, 6.45) is 8.75. The van der Waals surface area contributed by atoms with Crippen LogP contribution >= 0.6 is 0 Å². The van der Waals surface area contributed by atoms with E-state index in [-0.39, 0.29) is 52.7 Å². The molecule has 8 atom stereocenters. The number of methoxy groups -OCH3 is 2. The molecule has 0 aromatic rings. The maximum atomic E-state index is 14.5. The van der Waals surface area contributed by atoms with E-state index in [1.807, 2.05) is 13.0 Å². The van der Waals surface area contributed by atoms with Gasteiger partial charge in [-0.05, 0) is 79.1 Å². The molecule has 41 heavy (non-hydrogen) atoms. The highest BCUT2D eigenvalue weighted by Gasteiger charge is 2.71. The summed E-state index contributed by atoms with van der Waals surface area (Å²) in [7, 11) is 2.77. The van der Waals surface area contributed by atoms with E-state index in [1.165, 1.54) is 14.2 Å². The molecule has 1 unspecified atom stereocenters. The van der Waals surface area contributed by atoms with Gasteiger partial charge in [-0.1, -0.05) is 53.2 Å². The minimum absolute atomic E-state index is 0.0130. The van der Waals surface area contributed by atoms with Gasteiger partial charge in [0, 0.05) is 16.7 Å². The molecule has 0 aromatic carbocycles. The van der Waals surface area contributed by atoms with Gasteiger partial charge in [0.2, 0.25) is 0 Å². The van der Waals surface area contributed by atoms with Crippen LogP contribution in [0.4, 0.5) is 0 Å². The maximum Gasteiger partial charge on any atom is 0.312 e. The van der Waals surface area contributed by atoms with E-state index < -0.39 is 33.0 Å². The van der Waals surface area contributed by atoms with E-state index in [0.717, 1.165) is 37.7 Å². The van der Waals surface area contributed by atoms with Crippen molar-refractivity contribution < 1.29 is 28.7 Å². The van der Waals surface area contributed by atoms with Crippen molar-refractivity contribution in [1.29, 1.82) is 5.26 Å². The largest absolute Gasteiger partial charge is 0.469 e. The summed E-state index contributed by atoms with van der Waals surface area (Å²) >= 11 is 0. The molecule has 3 saturated carbocycles. The van der Waals surface area contributed by atoms with Crippen LogP contribution in [0.25, 0.3) is 0 Å². The smallest absolute Gasteiger partial charge is 0.312 e. The number of ether oxygens (including phenoxy) is 2. The average Bonchev–Trinajstić information content (AvgIpc) is 2.91. The minimum Gasteiger partial charge on any atom is -0.469 e. The van der Waals surface area contributed by atoms with Crippen LogP contribution in [0.1, 0.15) is 92.9 Å². The van der Waals surface area contributed by atoms with Crippen LogP contribution in [0.2, 0.25) is 0 Å². The van der Waals surface area contributed by atoms with Gasteiger partial charge in [0.25, 0.3) is 0 Å². The molecule has 7 nitrogen and oxygen atoms in total. The highest BCUT2D eigenvalue weighted by atomic mass is 16.5. The van der Waals surface area contributed by atoms with Gasteiger partial charge in [0.15, 0.2) is 11.6 Å². The van der Waals surface area contributed by atoms with Crippen LogP contribution in [-0.4, -0.2) is 37.7 Å². The number of ketones is 2. The van der Waals surface area contributed by atoms with Gasteiger partial charge in [-0.25, -0.2) is 0 Å². The van der Waals surface area contributed by atoms with Gasteiger partial charge in [-0.3, -0.25) is 19.2 Å². The lowest BCUT2D eigenvalue weighted by atomic mass is 9.34. The second-order valence-corrected chi connectivity index (χ2v) is 15.4. The Kier molecular flexibility index (Phi) is 6.62. The molecular weight excluding hydrogens is 518 g/mol. The number of fused-ring (bicyclic) bond motifs is 7. The van der Waals surface area contributed by atoms with Crippen molar-refractivity contribution in [2.24, 2.45) is 50.2 Å². The Labute approximate surface area is 244 Å². The molecule has 0 amide bonds. The molecule has 0 radical (unpaired) electrons. The monoisotopic (exact) mass is 563 g/mol. The molecule has 0 heterocycles. The van der Waals surface area contributed by atoms with Crippen molar-refractivity contribution in [3.63, 3.8) is 0 Å². The van der Waals surface area contributed by atoms with E-state index in [1.54, 1.807) is 13.0 Å². The highest BCUT2D eigenvalue weighted by molar-refractivity contribution is 6.06. The summed E-state index contributed by atoms with van der Waals surface area (Å²) in [5.41, 5.74) is -2.34. The molecular formula is C34H45NO6. The normalized spacial score (nSPS) is 44.5. The van der Waals surface area contributed by atoms with Crippen molar-refractivity contribution in [3.05, 3.63) is 23.3 Å². The Morgan fingerprint density at radius 2 is 1.63 bits per heavy atom. The minimum atomic E-state index is -1.12. The third-order valence-corrected chi connectivity index (χ3v) is 13.0. The number of Topliss-reactive ketones (excluding diaryl/α,β-unsaturated/α-hetero) is 1. The van der Waals surface area contributed by atoms with Gasteiger partial charge < -0.3 is 9.47 Å². The first-order valence-electron chi connectivity index (χ1n) is 15.1. The Morgan fingerprint density at radius 3 is 2.24 bits per heavy atom. The third kappa shape index (κ3) is 3.74. The zero-order valence-corrected chi connectivity index (χ0v) is 25.9. The highest BCUT2D eigenvalue weighted by Crippen LogP contribution is 2.74. The molecule has 0 aliphatic heterocycles. The molecule has 222 valence electrons. The van der Waals surface area contributed by atoms with Crippen LogP contribution < -0.4 is 0 Å². The van der Waals surface area contributed by atoms with Gasteiger partial charge in [-0.2, -0.15) is 5.26 Å². The molecule has 5 aliphatic carbocycles. The van der Waals surface area contributed by atoms with Crippen LogP contribution in [-0.2, 0) is 28.7 Å². The molecule has 0 bridgehead atoms. The number of allylic oxidation sites excluding steroid dienone is 4. The summed E-state index contributed by atoms with van der Waals surface area (Å²) in [5, 5.41) is 10.0. The Balaban J connectivity index is 1.69. The zero-order chi connectivity index (χ0) is 30.4. The molecule has 0 spiro atoms. The first kappa shape index (κ1) is 29.7. The van der Waals surface area contributed by atoms with Crippen molar-refractivity contribution in [1.82, 2.24) is 0 Å². The lowest BCUT2D eigenvalue weighted by molar-refractivity contribution is -0.191. The fraction of sp³-hybridized carbons (Fsp3) is 0.735. The molecule has 7 heteroatoms. The van der Waals surface area contributed by atoms with E-state index in [2.05, 4.69) is 33.8 Å². The van der Waals surface area contributed by atoms with E-state index in [9.17, 15) is 24.4 Å². The molecule has 5 rings (SSSR count). The second-order valence-electron chi connectivity index (χ2n) is 15.4. The van der Waals surface area contributed by atoms with Crippen LogP contribution in [0.3, 0.4) is 0 Å². The summed E-state index contributed by atoms with van der Waals surface area (Å²) in [5.74, 6) is -1.67. The number of carbonyl (C=O) groups excluding carboxylic acids is 4. The SMILES string of the molecule is COC(=O)C[C@]1(C)C(=O)C(C#N)=C[C@]2(C)C3=CC(=O)[C@@H]4[C@@H]5CC(C)(C)CC[C@]5(C(=O)OC)CC[C@@]4(C)[C@]3(C)CCC21. The lowest BCUT2D eigenvalue weighted by Crippen LogP contribution is -2.66. The summed E-state index contributed by atoms with van der Waals surface area (Å²) in [6, 6.07) is 2.11. The summed E-state index contributed by atoms with van der Waals surface area (Å²) < 4.78 is 10.4. The Morgan fingerprint density at radius 1 is 0.976 bits per heavy atom. The standard InChI is InChI=1S/C34H45NO6/c1-29(2)11-13-34(28(39)41-8)14-12-33(6)26(21(34)17-29)22(36)15-24-30(3)16-20(19-35)27(38)31(4,18-25(37)40-7)23(30)9-10-32(24,33)5/h15-16,21,23,26H,9-14,17-18H2,1-8H3/t21-,23?,26-,30-,31-,32+,33+,34-/m0/s1. The predicted molar refractivity (Wildman–Crippen MR) is 152 cm³/mol. The summed E-state index contributed by atoms with van der Waals surface area (Å²) in [6.45, 7) is 12.8. The number of nitriles is 1. The zero-order valence-electron chi connectivity index (χ0n) is 25.9. The van der Waals surface area contributed by atoms with Crippen molar-refractivity contribution >= 4 is 23.5 Å². The van der Waals surface area contributed by atoms with Crippen molar-refractivity contribution in [2.75, 3.05) is 14.2 Å². The van der Waals surface area contributed by atoms with E-state index in [4.69, 9.17) is 9.47 Å². The fourth-order valence-corrected chi connectivity index (χ4v) is 10.6. The molecule has 0 saturated heterocycles. The maximum absolute atomic E-state index is 14.5. The van der Waals surface area contributed by atoms with Crippen LogP contribution in [0.15, 0.2) is 23.3 Å². The number of carbonyl (C=O) groups is 4. The van der Waals surface area contributed by atoms with Crippen LogP contribution in [0.5, 0.6) is 0 Å². The van der Waals surface area contributed by atoms with Crippen molar-refractivity contribution in [3.8, 4) is 6.07 Å². The van der Waals surface area contributed by atoms with Gasteiger partial charge in [0.05, 0.1) is 31.6 Å². The second kappa shape index (κ2) is 9.12. The number of nitrogens with zero attached hydrogens (tertiary/aromatic N) is 1. The number of hydrogen-bond donors (Lipinski definition) is 0. The number of hydrogen-bond acceptors (Lipinski definition) is 7. The Bertz CT molecular complexity index is 1330.